The van der Waals surface area contributed by atoms with Gasteiger partial charge in [0.2, 0.25) is 11.8 Å². The monoisotopic (exact) mass is 418 g/mol. The molecular weight excluding hydrogens is 388 g/mol. The fraction of sp³-hybridized carbons (Fsp3) is 0.462. The third-order valence-corrected chi connectivity index (χ3v) is 7.30. The normalized spacial score (nSPS) is 25.2. The second-order valence-electron chi connectivity index (χ2n) is 9.04. The molecule has 2 heterocycles. The minimum atomic E-state index is -0.499. The van der Waals surface area contributed by atoms with Crippen LogP contribution < -0.4 is 0 Å². The van der Waals surface area contributed by atoms with Crippen molar-refractivity contribution >= 4 is 11.8 Å². The van der Waals surface area contributed by atoms with E-state index in [9.17, 15) is 9.59 Å². The van der Waals surface area contributed by atoms with Crippen LogP contribution in [0.15, 0.2) is 60.7 Å². The second kappa shape index (κ2) is 8.46. The smallest absolute Gasteiger partial charge is 0.233 e. The van der Waals surface area contributed by atoms with Gasteiger partial charge in [-0.1, -0.05) is 60.7 Å². The Morgan fingerprint density at radius 1 is 0.806 bits per heavy atom. The summed E-state index contributed by atoms with van der Waals surface area (Å²) in [6.07, 6.45) is 2.38. The zero-order chi connectivity index (χ0) is 21.3. The Labute approximate surface area is 184 Å². The van der Waals surface area contributed by atoms with Gasteiger partial charge in [0.05, 0.1) is 5.41 Å². The molecule has 2 aliphatic heterocycles. The molecule has 5 rings (SSSR count). The minimum Gasteiger partial charge on any atom is -0.381 e. The van der Waals surface area contributed by atoms with Crippen LogP contribution in [0, 0.1) is 5.92 Å². The molecule has 2 saturated heterocycles. The molecule has 5 nitrogen and oxygen atoms in total. The van der Waals surface area contributed by atoms with E-state index >= 15 is 0 Å². The van der Waals surface area contributed by atoms with Gasteiger partial charge in [-0.3, -0.25) is 9.59 Å². The van der Waals surface area contributed by atoms with Gasteiger partial charge in [0.15, 0.2) is 0 Å². The van der Waals surface area contributed by atoms with Crippen molar-refractivity contribution in [2.75, 3.05) is 39.4 Å². The number of piperazine rings is 1. The highest BCUT2D eigenvalue weighted by Gasteiger charge is 2.48. The SMILES string of the molecule is O=C(C1CC1c1ccccc1)N1CCN(C(=O)C2(c3ccccc3)CCOCC2)CC1. The van der Waals surface area contributed by atoms with Crippen LogP contribution in [0.25, 0.3) is 0 Å². The maximum absolute atomic E-state index is 13.7. The van der Waals surface area contributed by atoms with Gasteiger partial charge >= 0.3 is 0 Å². The summed E-state index contributed by atoms with van der Waals surface area (Å²) in [6.45, 7) is 3.71. The first-order valence-electron chi connectivity index (χ1n) is 11.5. The molecule has 0 spiro atoms. The fourth-order valence-corrected chi connectivity index (χ4v) is 5.31. The Hall–Kier alpha value is -2.66. The topological polar surface area (TPSA) is 49.9 Å². The molecule has 0 N–H and O–H groups in total. The Bertz CT molecular complexity index is 916. The number of ether oxygens (including phenoxy) is 1. The number of hydrogen-bond acceptors (Lipinski definition) is 3. The number of amides is 2. The van der Waals surface area contributed by atoms with E-state index in [1.807, 2.05) is 46.2 Å². The largest absolute Gasteiger partial charge is 0.381 e. The Morgan fingerprint density at radius 2 is 1.39 bits per heavy atom. The van der Waals surface area contributed by atoms with Crippen molar-refractivity contribution in [2.24, 2.45) is 5.92 Å². The summed E-state index contributed by atoms with van der Waals surface area (Å²) in [5, 5.41) is 0. The summed E-state index contributed by atoms with van der Waals surface area (Å²) in [6, 6.07) is 20.5. The molecule has 2 amide bonds. The Kier molecular flexibility index (Phi) is 5.53. The number of rotatable bonds is 4. The van der Waals surface area contributed by atoms with E-state index < -0.39 is 5.41 Å². The van der Waals surface area contributed by atoms with Crippen LogP contribution in [0.1, 0.15) is 36.3 Å². The molecule has 1 saturated carbocycles. The van der Waals surface area contributed by atoms with Crippen LogP contribution in [0.5, 0.6) is 0 Å². The fourth-order valence-electron chi connectivity index (χ4n) is 5.31. The lowest BCUT2D eigenvalue weighted by atomic mass is 9.73. The van der Waals surface area contributed by atoms with Gasteiger partial charge in [-0.2, -0.15) is 0 Å². The van der Waals surface area contributed by atoms with Gasteiger partial charge in [-0.05, 0) is 36.3 Å². The van der Waals surface area contributed by atoms with E-state index in [1.54, 1.807) is 0 Å². The summed E-state index contributed by atoms with van der Waals surface area (Å²) < 4.78 is 5.59. The van der Waals surface area contributed by atoms with Crippen LogP contribution in [0.2, 0.25) is 0 Å². The zero-order valence-electron chi connectivity index (χ0n) is 17.9. The third-order valence-electron chi connectivity index (χ3n) is 7.30. The lowest BCUT2D eigenvalue weighted by Crippen LogP contribution is -2.57. The summed E-state index contributed by atoms with van der Waals surface area (Å²) in [4.78, 5) is 30.7. The van der Waals surface area contributed by atoms with Crippen LogP contribution in [-0.2, 0) is 19.7 Å². The molecule has 2 aromatic carbocycles. The quantitative estimate of drug-likeness (QED) is 0.766. The minimum absolute atomic E-state index is 0.107. The van der Waals surface area contributed by atoms with Gasteiger partial charge in [-0.25, -0.2) is 0 Å². The second-order valence-corrected chi connectivity index (χ2v) is 9.04. The van der Waals surface area contributed by atoms with Gasteiger partial charge in [0, 0.05) is 45.3 Å². The summed E-state index contributed by atoms with van der Waals surface area (Å²) in [7, 11) is 0. The van der Waals surface area contributed by atoms with E-state index in [0.29, 0.717) is 45.3 Å². The summed E-state index contributed by atoms with van der Waals surface area (Å²) in [5.74, 6) is 0.917. The molecule has 3 aliphatic rings. The molecule has 0 bridgehead atoms. The van der Waals surface area contributed by atoms with E-state index in [-0.39, 0.29) is 17.7 Å². The first-order valence-corrected chi connectivity index (χ1v) is 11.5. The Balaban J connectivity index is 1.23. The molecule has 3 fully saturated rings. The van der Waals surface area contributed by atoms with Crippen LogP contribution >= 0.6 is 0 Å². The molecule has 5 heteroatoms. The van der Waals surface area contributed by atoms with Crippen molar-refractivity contribution in [3.05, 3.63) is 71.8 Å². The highest BCUT2D eigenvalue weighted by atomic mass is 16.5. The van der Waals surface area contributed by atoms with Crippen LogP contribution in [0.3, 0.4) is 0 Å². The van der Waals surface area contributed by atoms with Gasteiger partial charge in [-0.15, -0.1) is 0 Å². The molecule has 162 valence electrons. The van der Waals surface area contributed by atoms with Crippen LogP contribution in [0.4, 0.5) is 0 Å². The molecule has 0 aromatic heterocycles. The lowest BCUT2D eigenvalue weighted by Gasteiger charge is -2.43. The standard InChI is InChI=1S/C26H30N2O3/c29-24(23-19-22(23)20-7-3-1-4-8-20)27-13-15-28(16-14-27)25(30)26(11-17-31-18-12-26)21-9-5-2-6-10-21/h1-10,22-23H,11-19H2. The number of hydrogen-bond donors (Lipinski definition) is 0. The van der Waals surface area contributed by atoms with Gasteiger partial charge in [0.25, 0.3) is 0 Å². The maximum atomic E-state index is 13.7. The van der Waals surface area contributed by atoms with Crippen molar-refractivity contribution < 1.29 is 14.3 Å². The molecule has 2 aromatic rings. The molecule has 2 atom stereocenters. The Morgan fingerprint density at radius 3 is 2.03 bits per heavy atom. The molecule has 1 aliphatic carbocycles. The third kappa shape index (κ3) is 3.87. The van der Waals surface area contributed by atoms with E-state index in [1.165, 1.54) is 5.56 Å². The van der Waals surface area contributed by atoms with Gasteiger partial charge in [0.1, 0.15) is 0 Å². The van der Waals surface area contributed by atoms with Crippen molar-refractivity contribution in [1.82, 2.24) is 9.80 Å². The van der Waals surface area contributed by atoms with E-state index in [0.717, 1.165) is 24.8 Å². The highest BCUT2D eigenvalue weighted by molar-refractivity contribution is 5.89. The predicted octanol–water partition coefficient (Wildman–Crippen LogP) is 3.21. The zero-order valence-corrected chi connectivity index (χ0v) is 17.9. The predicted molar refractivity (Wildman–Crippen MR) is 119 cm³/mol. The van der Waals surface area contributed by atoms with Crippen LogP contribution in [-0.4, -0.2) is 61.0 Å². The van der Waals surface area contributed by atoms with E-state index in [4.69, 9.17) is 4.74 Å². The maximum Gasteiger partial charge on any atom is 0.233 e. The van der Waals surface area contributed by atoms with Gasteiger partial charge < -0.3 is 14.5 Å². The lowest BCUT2D eigenvalue weighted by molar-refractivity contribution is -0.146. The first kappa shape index (κ1) is 20.3. The number of benzene rings is 2. The van der Waals surface area contributed by atoms with Crippen molar-refractivity contribution in [1.29, 1.82) is 0 Å². The van der Waals surface area contributed by atoms with E-state index in [2.05, 4.69) is 24.3 Å². The van der Waals surface area contributed by atoms with Crippen molar-refractivity contribution in [3.8, 4) is 0 Å². The summed E-state index contributed by atoms with van der Waals surface area (Å²) in [5.41, 5.74) is 1.85. The molecule has 0 radical (unpaired) electrons. The number of carbonyl (C=O) groups is 2. The van der Waals surface area contributed by atoms with Crippen molar-refractivity contribution in [3.63, 3.8) is 0 Å². The number of nitrogens with zero attached hydrogens (tertiary/aromatic N) is 2. The number of carbonyl (C=O) groups excluding carboxylic acids is 2. The van der Waals surface area contributed by atoms with Crippen molar-refractivity contribution in [2.45, 2.75) is 30.6 Å². The molecule has 31 heavy (non-hydrogen) atoms. The average Bonchev–Trinajstić information content (AvgIpc) is 3.66. The summed E-state index contributed by atoms with van der Waals surface area (Å²) >= 11 is 0. The highest BCUT2D eigenvalue weighted by Crippen LogP contribution is 2.48. The molecular formula is C26H30N2O3. The average molecular weight is 419 g/mol. The first-order chi connectivity index (χ1) is 15.2. The molecule has 2 unspecified atom stereocenters.